The Balaban J connectivity index is 1.71. The lowest BCUT2D eigenvalue weighted by molar-refractivity contribution is 0.0690. The molecule has 3 nitrogen and oxygen atoms in total. The van der Waals surface area contributed by atoms with Gasteiger partial charge in [0.1, 0.15) is 5.82 Å². The number of benzene rings is 1. The molecule has 1 fully saturated rings. The molecule has 0 radical (unpaired) electrons. The van der Waals surface area contributed by atoms with Crippen molar-refractivity contribution < 1.29 is 9.50 Å². The Labute approximate surface area is 112 Å². The maximum atomic E-state index is 13.6. The number of hydrogen-bond acceptors (Lipinski definition) is 2. The van der Waals surface area contributed by atoms with E-state index >= 15 is 0 Å². The number of β-amino-alcohol motifs (C(OH)–C–C–N with tert-alkyl or cyclic N) is 1. The Hall–Kier alpha value is -1.39. The summed E-state index contributed by atoms with van der Waals surface area (Å²) in [5.41, 5.74) is 1.18. The van der Waals surface area contributed by atoms with Crippen molar-refractivity contribution in [2.75, 3.05) is 19.6 Å². The van der Waals surface area contributed by atoms with Crippen LogP contribution in [-0.2, 0) is 6.42 Å². The SMILES string of the molecule is CC1(O)CCN(CCc2c[nH]c3c(F)cccc23)C1. The fourth-order valence-electron chi connectivity index (χ4n) is 2.89. The lowest BCUT2D eigenvalue weighted by atomic mass is 10.1. The predicted molar refractivity (Wildman–Crippen MR) is 73.6 cm³/mol. The van der Waals surface area contributed by atoms with Crippen molar-refractivity contribution >= 4 is 10.9 Å². The number of nitrogens with one attached hydrogen (secondary N) is 1. The summed E-state index contributed by atoms with van der Waals surface area (Å²) in [7, 11) is 0. The van der Waals surface area contributed by atoms with Crippen LogP contribution in [0.1, 0.15) is 18.9 Å². The van der Waals surface area contributed by atoms with Gasteiger partial charge in [-0.05, 0) is 31.4 Å². The normalized spacial score (nSPS) is 24.4. The van der Waals surface area contributed by atoms with Gasteiger partial charge in [0.25, 0.3) is 0 Å². The average Bonchev–Trinajstić information content (AvgIpc) is 2.91. The highest BCUT2D eigenvalue weighted by Gasteiger charge is 2.30. The molecule has 4 heteroatoms. The van der Waals surface area contributed by atoms with Gasteiger partial charge in [0.05, 0.1) is 11.1 Å². The molecule has 0 aliphatic carbocycles. The Bertz CT molecular complexity index is 591. The highest BCUT2D eigenvalue weighted by molar-refractivity contribution is 5.83. The Morgan fingerprint density at radius 2 is 2.32 bits per heavy atom. The Morgan fingerprint density at radius 1 is 1.47 bits per heavy atom. The molecule has 2 heterocycles. The second-order valence-corrected chi connectivity index (χ2v) is 5.75. The number of rotatable bonds is 3. The maximum absolute atomic E-state index is 13.6. The van der Waals surface area contributed by atoms with Crippen LogP contribution in [0.15, 0.2) is 24.4 Å². The summed E-state index contributed by atoms with van der Waals surface area (Å²) in [5, 5.41) is 10.9. The molecule has 2 N–H and O–H groups in total. The number of likely N-dealkylation sites (tertiary alicyclic amines) is 1. The van der Waals surface area contributed by atoms with Gasteiger partial charge in [-0.15, -0.1) is 0 Å². The third-order valence-corrected chi connectivity index (χ3v) is 3.98. The van der Waals surface area contributed by atoms with Gasteiger partial charge in [0.15, 0.2) is 0 Å². The van der Waals surface area contributed by atoms with E-state index in [0.29, 0.717) is 5.52 Å². The van der Waals surface area contributed by atoms with Gasteiger partial charge in [-0.3, -0.25) is 0 Å². The van der Waals surface area contributed by atoms with Crippen LogP contribution in [0.2, 0.25) is 0 Å². The Morgan fingerprint density at radius 3 is 3.05 bits per heavy atom. The molecule has 1 aromatic carbocycles. The van der Waals surface area contributed by atoms with Crippen LogP contribution in [0.3, 0.4) is 0 Å². The molecule has 1 unspecified atom stereocenters. The van der Waals surface area contributed by atoms with Crippen LogP contribution < -0.4 is 0 Å². The van der Waals surface area contributed by atoms with E-state index in [1.165, 1.54) is 6.07 Å². The van der Waals surface area contributed by atoms with Gasteiger partial charge in [-0.2, -0.15) is 0 Å². The minimum absolute atomic E-state index is 0.201. The van der Waals surface area contributed by atoms with E-state index in [1.54, 1.807) is 6.07 Å². The topological polar surface area (TPSA) is 39.3 Å². The highest BCUT2D eigenvalue weighted by Crippen LogP contribution is 2.23. The first-order chi connectivity index (χ1) is 9.05. The van der Waals surface area contributed by atoms with Gasteiger partial charge >= 0.3 is 0 Å². The summed E-state index contributed by atoms with van der Waals surface area (Å²) >= 11 is 0. The second-order valence-electron chi connectivity index (χ2n) is 5.75. The van der Waals surface area contributed by atoms with Gasteiger partial charge < -0.3 is 15.0 Å². The minimum atomic E-state index is -0.549. The molecule has 3 rings (SSSR count). The number of halogens is 1. The molecule has 1 saturated heterocycles. The van der Waals surface area contributed by atoms with Crippen molar-refractivity contribution in [1.82, 2.24) is 9.88 Å². The second kappa shape index (κ2) is 4.62. The molecule has 0 saturated carbocycles. The van der Waals surface area contributed by atoms with E-state index < -0.39 is 5.60 Å². The summed E-state index contributed by atoms with van der Waals surface area (Å²) in [5.74, 6) is -0.201. The van der Waals surface area contributed by atoms with Crippen molar-refractivity contribution in [3.8, 4) is 0 Å². The fourth-order valence-corrected chi connectivity index (χ4v) is 2.89. The van der Waals surface area contributed by atoms with Gasteiger partial charge in [-0.25, -0.2) is 4.39 Å². The number of fused-ring (bicyclic) bond motifs is 1. The molecule has 19 heavy (non-hydrogen) atoms. The van der Waals surface area contributed by atoms with E-state index in [2.05, 4.69) is 9.88 Å². The maximum Gasteiger partial charge on any atom is 0.147 e. The van der Waals surface area contributed by atoms with Crippen LogP contribution in [0, 0.1) is 5.82 Å². The number of para-hydroxylation sites is 1. The zero-order valence-corrected chi connectivity index (χ0v) is 11.1. The zero-order chi connectivity index (χ0) is 13.5. The van der Waals surface area contributed by atoms with Crippen LogP contribution in [0.25, 0.3) is 10.9 Å². The van der Waals surface area contributed by atoms with Crippen LogP contribution in [-0.4, -0.2) is 40.2 Å². The lowest BCUT2D eigenvalue weighted by Crippen LogP contribution is -2.30. The van der Waals surface area contributed by atoms with Gasteiger partial charge in [0.2, 0.25) is 0 Å². The quantitative estimate of drug-likeness (QED) is 0.891. The standard InChI is InChI=1S/C15H19FN2O/c1-15(19)6-8-18(10-15)7-5-11-9-17-14-12(11)3-2-4-13(14)16/h2-4,9,17,19H,5-8,10H2,1H3. The number of hydrogen-bond donors (Lipinski definition) is 2. The molecule has 1 aromatic heterocycles. The number of H-pyrrole nitrogens is 1. The third-order valence-electron chi connectivity index (χ3n) is 3.98. The van der Waals surface area contributed by atoms with Crippen molar-refractivity contribution in [2.45, 2.75) is 25.4 Å². The summed E-state index contributed by atoms with van der Waals surface area (Å²) in [6.45, 7) is 4.45. The lowest BCUT2D eigenvalue weighted by Gasteiger charge is -2.18. The molecule has 0 bridgehead atoms. The summed E-state index contributed by atoms with van der Waals surface area (Å²) in [6, 6.07) is 5.17. The smallest absolute Gasteiger partial charge is 0.147 e. The first kappa shape index (κ1) is 12.6. The summed E-state index contributed by atoms with van der Waals surface area (Å²) in [6.07, 6.45) is 3.59. The monoisotopic (exact) mass is 262 g/mol. The highest BCUT2D eigenvalue weighted by atomic mass is 19.1. The molecule has 2 aromatic rings. The zero-order valence-electron chi connectivity index (χ0n) is 11.1. The summed E-state index contributed by atoms with van der Waals surface area (Å²) in [4.78, 5) is 5.27. The molecule has 102 valence electrons. The van der Waals surface area contributed by atoms with Crippen LogP contribution >= 0.6 is 0 Å². The minimum Gasteiger partial charge on any atom is -0.389 e. The molecule has 0 spiro atoms. The number of aromatic nitrogens is 1. The number of aromatic amines is 1. The molecule has 1 atom stereocenters. The van der Waals surface area contributed by atoms with E-state index in [4.69, 9.17) is 0 Å². The predicted octanol–water partition coefficient (Wildman–Crippen LogP) is 2.31. The molecule has 1 aliphatic rings. The third kappa shape index (κ3) is 2.51. The van der Waals surface area contributed by atoms with Gasteiger partial charge in [-0.1, -0.05) is 12.1 Å². The van der Waals surface area contributed by atoms with E-state index in [1.807, 2.05) is 19.2 Å². The Kier molecular flexibility index (Phi) is 3.07. The molecule has 0 amide bonds. The van der Waals surface area contributed by atoms with Crippen molar-refractivity contribution in [1.29, 1.82) is 0 Å². The van der Waals surface area contributed by atoms with E-state index in [9.17, 15) is 9.50 Å². The van der Waals surface area contributed by atoms with Gasteiger partial charge in [0, 0.05) is 31.2 Å². The van der Waals surface area contributed by atoms with E-state index in [-0.39, 0.29) is 5.82 Å². The average molecular weight is 262 g/mol. The summed E-state index contributed by atoms with van der Waals surface area (Å²) < 4.78 is 13.6. The number of aliphatic hydroxyl groups is 1. The fraction of sp³-hybridized carbons (Fsp3) is 0.467. The number of nitrogens with zero attached hydrogens (tertiary/aromatic N) is 1. The van der Waals surface area contributed by atoms with Crippen LogP contribution in [0.4, 0.5) is 4.39 Å². The van der Waals surface area contributed by atoms with E-state index in [0.717, 1.165) is 43.4 Å². The molecule has 1 aliphatic heterocycles. The first-order valence-corrected chi connectivity index (χ1v) is 6.74. The van der Waals surface area contributed by atoms with Crippen molar-refractivity contribution in [3.63, 3.8) is 0 Å². The first-order valence-electron chi connectivity index (χ1n) is 6.74. The molecular weight excluding hydrogens is 243 g/mol. The largest absolute Gasteiger partial charge is 0.389 e. The molecular formula is C15H19FN2O. The van der Waals surface area contributed by atoms with Crippen molar-refractivity contribution in [2.24, 2.45) is 0 Å². The van der Waals surface area contributed by atoms with Crippen LogP contribution in [0.5, 0.6) is 0 Å². The van der Waals surface area contributed by atoms with Crippen molar-refractivity contribution in [3.05, 3.63) is 35.8 Å².